The van der Waals surface area contributed by atoms with Gasteiger partial charge in [-0.25, -0.2) is 0 Å². The predicted molar refractivity (Wildman–Crippen MR) is 5.75 cm³/mol. The first kappa shape index (κ1) is 15.7. The Morgan fingerprint density at radius 3 is 0.857 bits per heavy atom. The molecule has 0 N–H and O–H groups in total. The van der Waals surface area contributed by atoms with Crippen molar-refractivity contribution in [1.82, 2.24) is 0 Å². The fourth-order valence-corrected chi connectivity index (χ4v) is 0. The van der Waals surface area contributed by atoms with Crippen molar-refractivity contribution in [3.8, 4) is 0 Å². The Balaban J connectivity index is -0.0000000800. The topological polar surface area (TPSA) is 92.2 Å². The molecule has 38 valence electrons. The van der Waals surface area contributed by atoms with Gasteiger partial charge in [0.15, 0.2) is 0 Å². The molecular weight excluding hydrogens is 213 g/mol. The molecular formula is FeO4SiZn. The van der Waals surface area contributed by atoms with Crippen LogP contribution in [0.3, 0.4) is 0 Å². The normalized spacial score (nSPS) is 8.57. The van der Waals surface area contributed by atoms with Gasteiger partial charge in [0.2, 0.25) is 0 Å². The SMILES string of the molecule is [Fe+2].[O-][Si]([O-])([O-])[O-].[Zn+2]. The molecule has 0 aliphatic rings. The molecule has 0 spiro atoms. The van der Waals surface area contributed by atoms with Crippen LogP contribution in [0.2, 0.25) is 0 Å². The fraction of sp³-hybridized carbons (Fsp3) is 0. The summed E-state index contributed by atoms with van der Waals surface area (Å²) in [6.07, 6.45) is 0. The zero-order valence-electron chi connectivity index (χ0n) is 3.19. The monoisotopic (exact) mass is 212 g/mol. The number of hydrogen-bond donors (Lipinski definition) is 0. The van der Waals surface area contributed by atoms with Gasteiger partial charge in [-0.15, -0.1) is 0 Å². The van der Waals surface area contributed by atoms with Crippen LogP contribution in [0.4, 0.5) is 0 Å². The second kappa shape index (κ2) is 5.34. The molecule has 7 heteroatoms. The van der Waals surface area contributed by atoms with E-state index < -0.39 is 9.05 Å². The average Bonchev–Trinajstić information content (AvgIpc) is 0.722. The quantitative estimate of drug-likeness (QED) is 0.376. The maximum atomic E-state index is 8.58. The van der Waals surface area contributed by atoms with Crippen LogP contribution in [0.25, 0.3) is 0 Å². The van der Waals surface area contributed by atoms with Crippen LogP contribution in [0.5, 0.6) is 0 Å². The number of rotatable bonds is 0. The van der Waals surface area contributed by atoms with E-state index in [-0.39, 0.29) is 36.5 Å². The molecule has 4 nitrogen and oxygen atoms in total. The molecule has 7 heavy (non-hydrogen) atoms. The summed E-state index contributed by atoms with van der Waals surface area (Å²) in [5.41, 5.74) is 0. The Bertz CT molecular complexity index is 27.2. The molecule has 0 radical (unpaired) electrons. The Hall–Kier alpha value is 1.20. The third kappa shape index (κ3) is 135. The summed E-state index contributed by atoms with van der Waals surface area (Å²) in [7, 11) is -5.61. The molecule has 0 saturated carbocycles. The van der Waals surface area contributed by atoms with E-state index in [1.807, 2.05) is 0 Å². The first-order chi connectivity index (χ1) is 2.00. The van der Waals surface area contributed by atoms with Crippen LogP contribution in [0, 0.1) is 0 Å². The van der Waals surface area contributed by atoms with E-state index in [4.69, 9.17) is 19.2 Å². The molecule has 0 rings (SSSR count). The summed E-state index contributed by atoms with van der Waals surface area (Å²) < 4.78 is 0. The van der Waals surface area contributed by atoms with Crippen molar-refractivity contribution in [3.63, 3.8) is 0 Å². The average molecular weight is 213 g/mol. The Morgan fingerprint density at radius 1 is 0.857 bits per heavy atom. The fourth-order valence-electron chi connectivity index (χ4n) is 0. The van der Waals surface area contributed by atoms with Crippen molar-refractivity contribution < 1.29 is 55.7 Å². The molecule has 0 aliphatic carbocycles. The van der Waals surface area contributed by atoms with E-state index in [2.05, 4.69) is 0 Å². The third-order valence-corrected chi connectivity index (χ3v) is 0. The summed E-state index contributed by atoms with van der Waals surface area (Å²) in [5, 5.41) is 0. The molecule has 0 aromatic heterocycles. The van der Waals surface area contributed by atoms with Gasteiger partial charge < -0.3 is 28.2 Å². The zero-order valence-corrected chi connectivity index (χ0v) is 8.26. The second-order valence-electron chi connectivity index (χ2n) is 0.500. The van der Waals surface area contributed by atoms with Crippen molar-refractivity contribution in [3.05, 3.63) is 0 Å². The molecule has 0 amide bonds. The molecule has 0 fully saturated rings. The van der Waals surface area contributed by atoms with Crippen LogP contribution in [-0.4, -0.2) is 9.05 Å². The Kier molecular flexibility index (Phi) is 12.0. The van der Waals surface area contributed by atoms with Crippen molar-refractivity contribution in [2.75, 3.05) is 0 Å². The van der Waals surface area contributed by atoms with Crippen molar-refractivity contribution >= 4 is 9.05 Å². The van der Waals surface area contributed by atoms with E-state index in [9.17, 15) is 0 Å². The summed E-state index contributed by atoms with van der Waals surface area (Å²) in [6.45, 7) is 0. The maximum absolute atomic E-state index is 8.58. The zero-order chi connectivity index (χ0) is 4.50. The van der Waals surface area contributed by atoms with Crippen LogP contribution in [0.1, 0.15) is 0 Å². The second-order valence-corrected chi connectivity index (χ2v) is 1.50. The van der Waals surface area contributed by atoms with E-state index in [1.165, 1.54) is 0 Å². The Morgan fingerprint density at radius 2 is 0.857 bits per heavy atom. The van der Waals surface area contributed by atoms with Crippen LogP contribution in [0.15, 0.2) is 0 Å². The minimum absolute atomic E-state index is 0. The van der Waals surface area contributed by atoms with E-state index in [0.29, 0.717) is 0 Å². The van der Waals surface area contributed by atoms with E-state index in [0.717, 1.165) is 0 Å². The molecule has 0 heterocycles. The van der Waals surface area contributed by atoms with Gasteiger partial charge in [0.05, 0.1) is 0 Å². The molecule has 0 aliphatic heterocycles. The summed E-state index contributed by atoms with van der Waals surface area (Å²) in [5.74, 6) is 0. The predicted octanol–water partition coefficient (Wildman–Crippen LogP) is -5.14. The van der Waals surface area contributed by atoms with Gasteiger partial charge in [-0.3, -0.25) is 0 Å². The van der Waals surface area contributed by atoms with Gasteiger partial charge in [0, 0.05) is 0 Å². The molecule has 0 aromatic rings. The molecule has 0 atom stereocenters. The van der Waals surface area contributed by atoms with Gasteiger partial charge in [-0.1, -0.05) is 0 Å². The summed E-state index contributed by atoms with van der Waals surface area (Å²) in [4.78, 5) is 34.3. The molecule has 0 aromatic carbocycles. The summed E-state index contributed by atoms with van der Waals surface area (Å²) in [6, 6.07) is 0. The van der Waals surface area contributed by atoms with Crippen molar-refractivity contribution in [2.45, 2.75) is 0 Å². The largest absolute Gasteiger partial charge is 2.00 e. The van der Waals surface area contributed by atoms with E-state index >= 15 is 0 Å². The van der Waals surface area contributed by atoms with Crippen molar-refractivity contribution in [1.29, 1.82) is 0 Å². The molecule has 0 unspecified atom stereocenters. The smallest absolute Gasteiger partial charge is 0.894 e. The van der Waals surface area contributed by atoms with Gasteiger partial charge in [0.25, 0.3) is 0 Å². The van der Waals surface area contributed by atoms with E-state index in [1.54, 1.807) is 0 Å². The van der Waals surface area contributed by atoms with Gasteiger partial charge in [-0.2, -0.15) is 0 Å². The van der Waals surface area contributed by atoms with Crippen LogP contribution >= 0.6 is 0 Å². The molecule has 0 bridgehead atoms. The first-order valence-corrected chi connectivity index (χ1v) is 2.45. The van der Waals surface area contributed by atoms with Gasteiger partial charge in [0.1, 0.15) is 0 Å². The summed E-state index contributed by atoms with van der Waals surface area (Å²) >= 11 is 0. The third-order valence-electron chi connectivity index (χ3n) is 0. The minimum Gasteiger partial charge on any atom is -0.894 e. The van der Waals surface area contributed by atoms with Gasteiger partial charge >= 0.3 is 36.5 Å². The standard InChI is InChI=1S/Fe.O4Si.Zn/c;1-5(2,3)4;/q+2;-4;+2. The van der Waals surface area contributed by atoms with Crippen LogP contribution < -0.4 is 19.2 Å². The Labute approximate surface area is 64.9 Å². The number of hydrogen-bond acceptors (Lipinski definition) is 4. The first-order valence-electron chi connectivity index (χ1n) is 0.816. The van der Waals surface area contributed by atoms with Crippen molar-refractivity contribution in [2.24, 2.45) is 0 Å². The maximum Gasteiger partial charge on any atom is 2.00 e. The molecule has 0 saturated heterocycles. The van der Waals surface area contributed by atoms with Crippen LogP contribution in [-0.2, 0) is 36.5 Å². The minimum atomic E-state index is -5.61. The van der Waals surface area contributed by atoms with Gasteiger partial charge in [-0.05, 0) is 0 Å².